The summed E-state index contributed by atoms with van der Waals surface area (Å²) in [4.78, 5) is 12.7. The number of ether oxygens (including phenoxy) is 2. The molecule has 4 aliphatic rings. The lowest BCUT2D eigenvalue weighted by atomic mass is 9.51. The number of carbonyl (C=O) groups is 1. The van der Waals surface area contributed by atoms with E-state index in [2.05, 4.69) is 14.1 Å². The van der Waals surface area contributed by atoms with Crippen LogP contribution in [-0.2, 0) is 16.6 Å². The predicted molar refractivity (Wildman–Crippen MR) is 87.6 cm³/mol. The minimum absolute atomic E-state index is 0.110. The second-order valence-corrected chi connectivity index (χ2v) is 8.45. The smallest absolute Gasteiger partial charge is 0.174 e. The summed E-state index contributed by atoms with van der Waals surface area (Å²) in [6.07, 6.45) is 2.96. The number of quaternary nitrogens is 1. The number of nitrogens with zero attached hydrogens (tertiary/aromatic N) is 1. The van der Waals surface area contributed by atoms with Crippen LogP contribution in [0.15, 0.2) is 6.07 Å². The lowest BCUT2D eigenvalue weighted by molar-refractivity contribution is -0.927. The van der Waals surface area contributed by atoms with E-state index in [0.717, 1.165) is 47.2 Å². The van der Waals surface area contributed by atoms with Crippen molar-refractivity contribution in [2.45, 2.75) is 43.2 Å². The lowest BCUT2D eigenvalue weighted by Crippen LogP contribution is -2.70. The van der Waals surface area contributed by atoms with Gasteiger partial charge in [0.1, 0.15) is 5.75 Å². The van der Waals surface area contributed by atoms with Crippen molar-refractivity contribution in [3.8, 4) is 17.2 Å². The highest BCUT2D eigenvalue weighted by Crippen LogP contribution is 2.65. The SMILES string of the molecule is COc1cc(O)c2c3c1C[C@@H]1[C@@H]4CCC(=O)[C@H](O2)[C@]34CC[N+]1(C)C. The molecule has 0 aromatic heterocycles. The summed E-state index contributed by atoms with van der Waals surface area (Å²) in [5.41, 5.74) is 1.97. The van der Waals surface area contributed by atoms with Crippen LogP contribution in [0.5, 0.6) is 17.2 Å². The number of ketones is 1. The molecule has 1 aromatic carbocycles. The first-order chi connectivity index (χ1) is 11.4. The van der Waals surface area contributed by atoms with Gasteiger partial charge in [-0.15, -0.1) is 0 Å². The fourth-order valence-electron chi connectivity index (χ4n) is 6.14. The fourth-order valence-corrected chi connectivity index (χ4v) is 6.14. The molecule has 2 bridgehead atoms. The number of methoxy groups -OCH3 is 1. The maximum atomic E-state index is 12.7. The van der Waals surface area contributed by atoms with E-state index in [1.54, 1.807) is 13.2 Å². The van der Waals surface area contributed by atoms with Crippen molar-refractivity contribution in [3.63, 3.8) is 0 Å². The molecule has 1 aromatic rings. The molecule has 5 nitrogen and oxygen atoms in total. The monoisotopic (exact) mass is 330 g/mol. The number of phenolic OH excluding ortho intramolecular Hbond substituents is 1. The Morgan fingerprint density at radius 1 is 1.42 bits per heavy atom. The molecule has 0 unspecified atom stereocenters. The fraction of sp³-hybridized carbons (Fsp3) is 0.632. The summed E-state index contributed by atoms with van der Waals surface area (Å²) in [7, 11) is 6.26. The van der Waals surface area contributed by atoms with Gasteiger partial charge < -0.3 is 19.1 Å². The summed E-state index contributed by atoms with van der Waals surface area (Å²) >= 11 is 0. The van der Waals surface area contributed by atoms with Crippen molar-refractivity contribution in [3.05, 3.63) is 17.2 Å². The molecule has 2 heterocycles. The first kappa shape index (κ1) is 14.6. The quantitative estimate of drug-likeness (QED) is 0.798. The van der Waals surface area contributed by atoms with E-state index in [9.17, 15) is 9.90 Å². The molecule has 5 rings (SSSR count). The molecule has 0 amide bonds. The molecule has 1 spiro atoms. The van der Waals surface area contributed by atoms with Gasteiger partial charge in [0, 0.05) is 42.4 Å². The number of phenols is 1. The van der Waals surface area contributed by atoms with Crippen LogP contribution in [-0.4, -0.2) is 55.3 Å². The Bertz CT molecular complexity index is 771. The van der Waals surface area contributed by atoms with Gasteiger partial charge in [-0.1, -0.05) is 0 Å². The highest BCUT2D eigenvalue weighted by atomic mass is 16.5. The normalized spacial score (nSPS) is 37.6. The van der Waals surface area contributed by atoms with Crippen molar-refractivity contribution in [2.75, 3.05) is 27.7 Å². The number of Topliss-reactive ketones (excluding diaryl/α,β-unsaturated/α-hetero) is 1. The molecular formula is C19H24NO4+. The van der Waals surface area contributed by atoms with E-state index in [-0.39, 0.29) is 16.9 Å². The molecule has 2 fully saturated rings. The first-order valence-electron chi connectivity index (χ1n) is 8.85. The van der Waals surface area contributed by atoms with Crippen LogP contribution in [0.25, 0.3) is 0 Å². The maximum absolute atomic E-state index is 12.7. The summed E-state index contributed by atoms with van der Waals surface area (Å²) in [6, 6.07) is 2.12. The van der Waals surface area contributed by atoms with Crippen LogP contribution in [0.4, 0.5) is 0 Å². The molecule has 128 valence electrons. The average molecular weight is 330 g/mol. The zero-order valence-electron chi connectivity index (χ0n) is 14.5. The average Bonchev–Trinajstić information content (AvgIpc) is 2.90. The number of piperidine rings is 1. The van der Waals surface area contributed by atoms with Gasteiger partial charge in [0.2, 0.25) is 0 Å². The third-order valence-corrected chi connectivity index (χ3v) is 7.25. The Balaban J connectivity index is 1.85. The summed E-state index contributed by atoms with van der Waals surface area (Å²) in [5, 5.41) is 10.5. The van der Waals surface area contributed by atoms with E-state index in [4.69, 9.17) is 9.47 Å². The highest BCUT2D eigenvalue weighted by molar-refractivity contribution is 5.89. The van der Waals surface area contributed by atoms with Gasteiger partial charge >= 0.3 is 0 Å². The number of benzene rings is 1. The predicted octanol–water partition coefficient (Wildman–Crippen LogP) is 1.78. The molecule has 4 atom stereocenters. The van der Waals surface area contributed by atoms with Crippen molar-refractivity contribution in [1.82, 2.24) is 0 Å². The molecule has 2 aliphatic carbocycles. The first-order valence-corrected chi connectivity index (χ1v) is 8.85. The van der Waals surface area contributed by atoms with Crippen LogP contribution in [0, 0.1) is 5.92 Å². The number of hydrogen-bond donors (Lipinski definition) is 1. The molecule has 24 heavy (non-hydrogen) atoms. The minimum atomic E-state index is -0.425. The van der Waals surface area contributed by atoms with Gasteiger partial charge in [-0.3, -0.25) is 4.79 Å². The number of likely N-dealkylation sites (tertiary alicyclic amines) is 1. The van der Waals surface area contributed by atoms with Crippen LogP contribution in [0.1, 0.15) is 30.4 Å². The van der Waals surface area contributed by atoms with Crippen molar-refractivity contribution in [1.29, 1.82) is 0 Å². The number of hydrogen-bond acceptors (Lipinski definition) is 4. The van der Waals surface area contributed by atoms with Gasteiger partial charge in [0.15, 0.2) is 23.4 Å². The Hall–Kier alpha value is -1.75. The number of rotatable bonds is 1. The van der Waals surface area contributed by atoms with Gasteiger partial charge in [-0.2, -0.15) is 0 Å². The molecule has 1 saturated heterocycles. The molecule has 0 radical (unpaired) electrons. The van der Waals surface area contributed by atoms with Gasteiger partial charge in [0.25, 0.3) is 0 Å². The van der Waals surface area contributed by atoms with Crippen molar-refractivity contribution < 1.29 is 23.9 Å². The topological polar surface area (TPSA) is 55.8 Å². The summed E-state index contributed by atoms with van der Waals surface area (Å²) in [6.45, 7) is 1.03. The van der Waals surface area contributed by atoms with Gasteiger partial charge in [-0.25, -0.2) is 0 Å². The maximum Gasteiger partial charge on any atom is 0.174 e. The van der Waals surface area contributed by atoms with Gasteiger partial charge in [0.05, 0.1) is 39.2 Å². The van der Waals surface area contributed by atoms with Crippen LogP contribution < -0.4 is 9.47 Å². The van der Waals surface area contributed by atoms with E-state index in [1.807, 2.05) is 0 Å². The summed E-state index contributed by atoms with van der Waals surface area (Å²) < 4.78 is 12.7. The molecule has 5 heteroatoms. The second-order valence-electron chi connectivity index (χ2n) is 8.45. The van der Waals surface area contributed by atoms with Crippen LogP contribution in [0.2, 0.25) is 0 Å². The largest absolute Gasteiger partial charge is 0.504 e. The van der Waals surface area contributed by atoms with Gasteiger partial charge in [-0.05, 0) is 6.42 Å². The number of aromatic hydroxyl groups is 1. The minimum Gasteiger partial charge on any atom is -0.504 e. The Labute approximate surface area is 141 Å². The second kappa shape index (κ2) is 4.26. The Morgan fingerprint density at radius 2 is 2.21 bits per heavy atom. The molecule has 1 N–H and O–H groups in total. The molecule has 2 aliphatic heterocycles. The lowest BCUT2D eigenvalue weighted by Gasteiger charge is -2.59. The van der Waals surface area contributed by atoms with E-state index >= 15 is 0 Å². The highest BCUT2D eigenvalue weighted by Gasteiger charge is 2.69. The van der Waals surface area contributed by atoms with Crippen molar-refractivity contribution >= 4 is 5.78 Å². The van der Waals surface area contributed by atoms with E-state index in [0.29, 0.717) is 24.1 Å². The third kappa shape index (κ3) is 1.44. The zero-order valence-corrected chi connectivity index (χ0v) is 14.5. The molecular weight excluding hydrogens is 306 g/mol. The zero-order chi connectivity index (χ0) is 16.9. The number of likely N-dealkylation sites (N-methyl/N-ethyl adjacent to an activating group) is 1. The third-order valence-electron chi connectivity index (χ3n) is 7.25. The van der Waals surface area contributed by atoms with Crippen LogP contribution >= 0.6 is 0 Å². The summed E-state index contributed by atoms with van der Waals surface area (Å²) in [5.74, 6) is 2.02. The van der Waals surface area contributed by atoms with Crippen LogP contribution in [0.3, 0.4) is 0 Å². The number of carbonyl (C=O) groups excluding carboxylic acids is 1. The Kier molecular flexibility index (Phi) is 2.59. The van der Waals surface area contributed by atoms with E-state index in [1.165, 1.54) is 0 Å². The van der Waals surface area contributed by atoms with E-state index < -0.39 is 6.10 Å². The standard InChI is InChI=1S/C19H23NO4/c1-20(2)7-6-19-11-4-5-13(21)18(19)24-17-14(22)9-15(23-3)10(16(17)19)8-12(11)20/h9,11-12,18H,4-8H2,1-3H3/p+1/t11-,12+,18-,19-/m0/s1. The van der Waals surface area contributed by atoms with Crippen molar-refractivity contribution in [2.24, 2.45) is 5.92 Å². The Morgan fingerprint density at radius 3 is 2.96 bits per heavy atom. The molecule has 1 saturated carbocycles.